The van der Waals surface area contributed by atoms with E-state index < -0.39 is 31.8 Å². The molecule has 3 rings (SSSR count). The number of carbonyl (C=O) groups is 1. The van der Waals surface area contributed by atoms with Crippen molar-refractivity contribution in [3.05, 3.63) is 35.1 Å². The maximum atomic E-state index is 13.3. The van der Waals surface area contributed by atoms with E-state index in [1.807, 2.05) is 0 Å². The van der Waals surface area contributed by atoms with Gasteiger partial charge in [0.1, 0.15) is 14.1 Å². The fourth-order valence-corrected chi connectivity index (χ4v) is 4.63. The van der Waals surface area contributed by atoms with Crippen LogP contribution < -0.4 is 10.4 Å². The number of nitrogens with one attached hydrogen (secondary N) is 2. The Kier molecular flexibility index (Phi) is 7.48. The summed E-state index contributed by atoms with van der Waals surface area (Å²) in [4.78, 5) is 24.3. The lowest BCUT2D eigenvalue weighted by Crippen LogP contribution is -2.40. The number of likely N-dealkylation sites (tertiary alicyclic amines) is 1. The fraction of sp³-hybridized carbons (Fsp3) is 0.632. The Morgan fingerprint density at radius 2 is 1.90 bits per heavy atom. The standard InChI is InChI=1S/C19H26F4N3O2P/c20-17-4-1-14(11-16(17)19(21,22)23)18(27)24-12-13-5-8-26(9-6-13)10-7-25-29(28)15-2-3-15/h1,4,11,13,15,25,28H,2-3,5-10,12H2,(H,24,27). The van der Waals surface area contributed by atoms with Gasteiger partial charge in [-0.15, -0.1) is 0 Å². The third kappa shape index (κ3) is 6.60. The molecule has 1 saturated carbocycles. The Labute approximate surface area is 168 Å². The molecule has 1 aliphatic heterocycles. The fourth-order valence-electron chi connectivity index (χ4n) is 3.41. The second-order valence-corrected chi connectivity index (χ2v) is 9.41. The predicted octanol–water partition coefficient (Wildman–Crippen LogP) is 3.34. The summed E-state index contributed by atoms with van der Waals surface area (Å²) in [5.41, 5.74) is -1.16. The molecule has 1 saturated heterocycles. The first-order valence-electron chi connectivity index (χ1n) is 9.83. The molecule has 0 bridgehead atoms. The van der Waals surface area contributed by atoms with Gasteiger partial charge in [0, 0.05) is 30.9 Å². The molecule has 1 atom stereocenters. The molecule has 1 aromatic carbocycles. The van der Waals surface area contributed by atoms with Gasteiger partial charge in [0.15, 0.2) is 0 Å². The van der Waals surface area contributed by atoms with E-state index in [1.54, 1.807) is 0 Å². The van der Waals surface area contributed by atoms with Gasteiger partial charge in [-0.2, -0.15) is 13.2 Å². The molecule has 1 amide bonds. The molecule has 3 N–H and O–H groups in total. The maximum Gasteiger partial charge on any atom is 0.419 e. The monoisotopic (exact) mass is 435 g/mol. The van der Waals surface area contributed by atoms with Crippen LogP contribution in [-0.4, -0.2) is 54.1 Å². The average molecular weight is 435 g/mol. The van der Waals surface area contributed by atoms with Gasteiger partial charge in [-0.05, 0) is 62.9 Å². The molecule has 10 heteroatoms. The lowest BCUT2D eigenvalue weighted by molar-refractivity contribution is -0.140. The number of halogens is 4. The lowest BCUT2D eigenvalue weighted by Gasteiger charge is -2.32. The summed E-state index contributed by atoms with van der Waals surface area (Å²) in [5.74, 6) is -1.76. The molecule has 1 aliphatic carbocycles. The van der Waals surface area contributed by atoms with E-state index in [0.717, 1.165) is 57.9 Å². The number of hydrogen-bond donors (Lipinski definition) is 3. The topological polar surface area (TPSA) is 64.6 Å². The SMILES string of the molecule is O=C(NCC1CCN(CCNP(O)C2CC2)CC1)c1ccc(F)c(C(F)(F)F)c1. The zero-order valence-electron chi connectivity index (χ0n) is 16.0. The largest absolute Gasteiger partial charge is 0.419 e. The van der Waals surface area contributed by atoms with E-state index in [2.05, 4.69) is 15.3 Å². The Bertz CT molecular complexity index is 707. The van der Waals surface area contributed by atoms with Gasteiger partial charge < -0.3 is 15.1 Å². The molecule has 1 unspecified atom stereocenters. The summed E-state index contributed by atoms with van der Waals surface area (Å²) in [6.07, 6.45) is -0.844. The van der Waals surface area contributed by atoms with Crippen molar-refractivity contribution in [3.63, 3.8) is 0 Å². The van der Waals surface area contributed by atoms with Crippen LogP contribution in [0.3, 0.4) is 0 Å². The second kappa shape index (κ2) is 9.69. The number of nitrogens with zero attached hydrogens (tertiary/aromatic N) is 1. The molecular formula is C19H26F4N3O2P. The number of benzene rings is 1. The highest BCUT2D eigenvalue weighted by Crippen LogP contribution is 2.47. The molecule has 29 heavy (non-hydrogen) atoms. The summed E-state index contributed by atoms with van der Waals surface area (Å²) >= 11 is 0. The first-order chi connectivity index (χ1) is 13.7. The summed E-state index contributed by atoms with van der Waals surface area (Å²) in [6, 6.07) is 2.29. The highest BCUT2D eigenvalue weighted by atomic mass is 31.2. The summed E-state index contributed by atoms with van der Waals surface area (Å²) in [5, 5.41) is 5.86. The minimum absolute atomic E-state index is 0.196. The first-order valence-corrected chi connectivity index (χ1v) is 11.2. The maximum absolute atomic E-state index is 13.3. The highest BCUT2D eigenvalue weighted by Gasteiger charge is 2.35. The van der Waals surface area contributed by atoms with Crippen LogP contribution in [0.4, 0.5) is 17.6 Å². The molecule has 1 heterocycles. The van der Waals surface area contributed by atoms with Crippen molar-refractivity contribution in [1.29, 1.82) is 0 Å². The van der Waals surface area contributed by atoms with Gasteiger partial charge in [-0.1, -0.05) is 0 Å². The van der Waals surface area contributed by atoms with Crippen LogP contribution in [-0.2, 0) is 6.18 Å². The lowest BCUT2D eigenvalue weighted by atomic mass is 9.96. The van der Waals surface area contributed by atoms with E-state index in [4.69, 9.17) is 0 Å². The number of piperidine rings is 1. The molecule has 0 aromatic heterocycles. The highest BCUT2D eigenvalue weighted by molar-refractivity contribution is 7.50. The molecule has 2 aliphatic rings. The quantitative estimate of drug-likeness (QED) is 0.433. The van der Waals surface area contributed by atoms with Gasteiger partial charge in [-0.25, -0.2) is 4.39 Å². The Hall–Kier alpha value is -1.28. The van der Waals surface area contributed by atoms with Gasteiger partial charge >= 0.3 is 6.18 Å². The van der Waals surface area contributed by atoms with Gasteiger partial charge in [0.2, 0.25) is 0 Å². The van der Waals surface area contributed by atoms with Crippen molar-refractivity contribution >= 4 is 14.2 Å². The van der Waals surface area contributed by atoms with Gasteiger partial charge in [0.25, 0.3) is 5.91 Å². The van der Waals surface area contributed by atoms with E-state index >= 15 is 0 Å². The number of rotatable bonds is 8. The molecule has 2 fully saturated rings. The zero-order chi connectivity index (χ0) is 21.0. The second-order valence-electron chi connectivity index (χ2n) is 7.67. The summed E-state index contributed by atoms with van der Waals surface area (Å²) in [7, 11) is -1.03. The molecule has 162 valence electrons. The minimum atomic E-state index is -4.84. The normalized spacial score (nSPS) is 19.9. The minimum Gasteiger partial charge on any atom is -0.359 e. The van der Waals surface area contributed by atoms with E-state index in [9.17, 15) is 27.2 Å². The van der Waals surface area contributed by atoms with Crippen LogP contribution in [0.1, 0.15) is 41.6 Å². The third-order valence-corrected chi connectivity index (χ3v) is 7.14. The smallest absolute Gasteiger partial charge is 0.359 e. The van der Waals surface area contributed by atoms with Crippen LogP contribution in [0.5, 0.6) is 0 Å². The molecular weight excluding hydrogens is 409 g/mol. The summed E-state index contributed by atoms with van der Waals surface area (Å²) in [6.45, 7) is 3.76. The molecule has 1 aromatic rings. The van der Waals surface area contributed by atoms with E-state index in [1.165, 1.54) is 0 Å². The third-order valence-electron chi connectivity index (χ3n) is 5.39. The van der Waals surface area contributed by atoms with Crippen LogP contribution in [0.15, 0.2) is 18.2 Å². The first kappa shape index (κ1) is 22.4. The van der Waals surface area contributed by atoms with Crippen molar-refractivity contribution < 1.29 is 27.2 Å². The molecule has 0 radical (unpaired) electrons. The Balaban J connectivity index is 1.38. The van der Waals surface area contributed by atoms with Gasteiger partial charge in [-0.3, -0.25) is 9.88 Å². The van der Waals surface area contributed by atoms with Crippen molar-refractivity contribution in [2.24, 2.45) is 5.92 Å². The summed E-state index contributed by atoms with van der Waals surface area (Å²) < 4.78 is 51.7. The predicted molar refractivity (Wildman–Crippen MR) is 103 cm³/mol. The van der Waals surface area contributed by atoms with Crippen LogP contribution in [0.25, 0.3) is 0 Å². The van der Waals surface area contributed by atoms with Crippen LogP contribution in [0, 0.1) is 11.7 Å². The van der Waals surface area contributed by atoms with Crippen molar-refractivity contribution in [2.45, 2.75) is 37.5 Å². The molecule has 5 nitrogen and oxygen atoms in total. The van der Waals surface area contributed by atoms with Crippen LogP contribution in [0.2, 0.25) is 0 Å². The number of amides is 1. The van der Waals surface area contributed by atoms with Crippen molar-refractivity contribution in [3.8, 4) is 0 Å². The van der Waals surface area contributed by atoms with Crippen molar-refractivity contribution in [2.75, 3.05) is 32.7 Å². The van der Waals surface area contributed by atoms with Crippen LogP contribution >= 0.6 is 8.30 Å². The van der Waals surface area contributed by atoms with Crippen molar-refractivity contribution in [1.82, 2.24) is 15.3 Å². The zero-order valence-corrected chi connectivity index (χ0v) is 16.9. The number of hydrogen-bond acceptors (Lipinski definition) is 4. The number of carbonyl (C=O) groups excluding carboxylic acids is 1. The number of alkyl halides is 3. The Morgan fingerprint density at radius 1 is 1.21 bits per heavy atom. The van der Waals surface area contributed by atoms with Gasteiger partial charge in [0.05, 0.1) is 5.56 Å². The van der Waals surface area contributed by atoms with E-state index in [0.29, 0.717) is 24.3 Å². The Morgan fingerprint density at radius 3 is 2.52 bits per heavy atom. The van der Waals surface area contributed by atoms with E-state index in [-0.39, 0.29) is 11.5 Å². The average Bonchev–Trinajstić information content (AvgIpc) is 3.52. The molecule has 0 spiro atoms.